The Bertz CT molecular complexity index is 1460. The van der Waals surface area contributed by atoms with E-state index < -0.39 is 31.3 Å². The van der Waals surface area contributed by atoms with E-state index in [9.17, 15) is 23.2 Å². The van der Waals surface area contributed by atoms with Gasteiger partial charge < -0.3 is 18.8 Å². The van der Waals surface area contributed by atoms with Crippen LogP contribution in [0.5, 0.6) is 5.88 Å². The maximum absolute atomic E-state index is 14.3. The fraction of sp³-hybridized carbons (Fsp3) is 0.516. The smallest absolute Gasteiger partial charge is 0.343 e. The molecule has 3 aromatic rings. The van der Waals surface area contributed by atoms with Crippen LogP contribution < -0.4 is 10.2 Å². The normalized spacial score (nSPS) is 13.1. The molecule has 1 aromatic carbocycles. The highest BCUT2D eigenvalue weighted by atomic mass is 28.4. The van der Waals surface area contributed by atoms with E-state index in [2.05, 4.69) is 27.7 Å². The van der Waals surface area contributed by atoms with Crippen molar-refractivity contribution in [2.75, 3.05) is 13.7 Å². The van der Waals surface area contributed by atoms with E-state index in [1.807, 2.05) is 17.7 Å². The molecule has 0 saturated heterocycles. The number of methoxy groups -OCH3 is 1. The van der Waals surface area contributed by atoms with Gasteiger partial charge in [0.05, 0.1) is 19.1 Å². The van der Waals surface area contributed by atoms with E-state index in [0.29, 0.717) is 23.2 Å². The molecule has 0 saturated carbocycles. The van der Waals surface area contributed by atoms with Gasteiger partial charge >= 0.3 is 5.97 Å². The zero-order valence-corrected chi connectivity index (χ0v) is 26.3. The molecular weight excluding hydrogens is 546 g/mol. The predicted octanol–water partition coefficient (Wildman–Crippen LogP) is 6.60. The highest BCUT2D eigenvalue weighted by molar-refractivity contribution is 6.72. The molecule has 10 heteroatoms. The minimum absolute atomic E-state index is 0.0939. The lowest BCUT2D eigenvalue weighted by Crippen LogP contribution is -2.39. The van der Waals surface area contributed by atoms with Gasteiger partial charge in [-0.15, -0.1) is 0 Å². The van der Waals surface area contributed by atoms with Gasteiger partial charge in [-0.3, -0.25) is 4.79 Å². The largest absolute Gasteiger partial charge is 0.481 e. The van der Waals surface area contributed by atoms with Gasteiger partial charge in [0.2, 0.25) is 11.3 Å². The second kappa shape index (κ2) is 12.8. The average molecular weight is 589 g/mol. The Morgan fingerprint density at radius 2 is 1.80 bits per heavy atom. The minimum Gasteiger partial charge on any atom is -0.481 e. The van der Waals surface area contributed by atoms with Crippen LogP contribution in [0.3, 0.4) is 0 Å². The Hall–Kier alpha value is -3.11. The first-order valence-corrected chi connectivity index (χ1v) is 17.0. The van der Waals surface area contributed by atoms with Gasteiger partial charge in [-0.2, -0.15) is 4.98 Å². The second-order valence-electron chi connectivity index (χ2n) is 12.1. The maximum atomic E-state index is 14.3. The first kappa shape index (κ1) is 32.4. The Balaban J connectivity index is 2.19. The van der Waals surface area contributed by atoms with Gasteiger partial charge in [-0.25, -0.2) is 13.6 Å². The van der Waals surface area contributed by atoms with Gasteiger partial charge in [0.15, 0.2) is 8.32 Å². The fourth-order valence-electron chi connectivity index (χ4n) is 4.86. The molecule has 0 aliphatic rings. The lowest BCUT2D eigenvalue weighted by atomic mass is 9.94. The van der Waals surface area contributed by atoms with Crippen molar-refractivity contribution in [1.82, 2.24) is 9.55 Å². The molecule has 3 rings (SSSR count). The van der Waals surface area contributed by atoms with Crippen LogP contribution in [0.1, 0.15) is 75.0 Å². The zero-order chi connectivity index (χ0) is 30.7. The molecule has 0 spiro atoms. The number of hydrogen-bond donors (Lipinski definition) is 1. The molecule has 2 aromatic heterocycles. The summed E-state index contributed by atoms with van der Waals surface area (Å²) in [5, 5.41) is -0.0416. The summed E-state index contributed by atoms with van der Waals surface area (Å²) >= 11 is 0. The Morgan fingerprint density at radius 3 is 2.37 bits per heavy atom. The Labute approximate surface area is 241 Å². The van der Waals surface area contributed by atoms with Crippen LogP contribution >= 0.6 is 0 Å². The Kier molecular flexibility index (Phi) is 10.1. The first-order valence-electron chi connectivity index (χ1n) is 14.1. The number of aryl methyl sites for hydroxylation is 2. The summed E-state index contributed by atoms with van der Waals surface area (Å²) in [4.78, 5) is 42.2. The summed E-state index contributed by atoms with van der Waals surface area (Å²) in [5.74, 6) is -1.64. The molecule has 0 aliphatic heterocycles. The summed E-state index contributed by atoms with van der Waals surface area (Å²) in [7, 11) is -0.999. The molecule has 1 atom stereocenters. The zero-order valence-electron chi connectivity index (χ0n) is 25.3. The molecule has 0 amide bonds. The van der Waals surface area contributed by atoms with Crippen molar-refractivity contribution >= 4 is 25.3 Å². The number of carbonyl (C=O) groups excluding carboxylic acids is 1. The molecule has 2 heterocycles. The van der Waals surface area contributed by atoms with Crippen LogP contribution in [0, 0.1) is 17.6 Å². The number of hydrogen-bond acceptors (Lipinski definition) is 6. The van der Waals surface area contributed by atoms with Crippen LogP contribution in [0.2, 0.25) is 18.1 Å². The van der Waals surface area contributed by atoms with Crippen molar-refractivity contribution in [3.8, 4) is 5.88 Å². The van der Waals surface area contributed by atoms with E-state index >= 15 is 0 Å². The van der Waals surface area contributed by atoms with E-state index in [4.69, 9.17) is 14.5 Å². The molecule has 7 nitrogen and oxygen atoms in total. The number of pyridine rings is 2. The summed E-state index contributed by atoms with van der Waals surface area (Å²) in [6.07, 6.45) is 3.44. The van der Waals surface area contributed by atoms with Crippen LogP contribution in [0.4, 0.5) is 8.78 Å². The SMILES string of the molecule is CCOC(=O)c1cn([C@H](CCC(C)(C)[Si](C)(C)O)C(C)C)c2nc(OC)c(CCc3ccc(F)cc3F)cc2c1=O. The van der Waals surface area contributed by atoms with Crippen molar-refractivity contribution in [2.24, 2.45) is 5.92 Å². The minimum atomic E-state index is -2.47. The first-order chi connectivity index (χ1) is 19.1. The average Bonchev–Trinajstić information content (AvgIpc) is 2.88. The van der Waals surface area contributed by atoms with Gasteiger partial charge in [-0.05, 0) is 74.4 Å². The van der Waals surface area contributed by atoms with E-state index in [-0.39, 0.29) is 53.3 Å². The van der Waals surface area contributed by atoms with Gasteiger partial charge in [-0.1, -0.05) is 33.8 Å². The highest BCUT2D eigenvalue weighted by Gasteiger charge is 2.38. The summed E-state index contributed by atoms with van der Waals surface area (Å²) in [6.45, 7) is 13.9. The highest BCUT2D eigenvalue weighted by Crippen LogP contribution is 2.42. The third kappa shape index (κ3) is 7.21. The lowest BCUT2D eigenvalue weighted by Gasteiger charge is -2.37. The third-order valence-corrected chi connectivity index (χ3v) is 11.8. The van der Waals surface area contributed by atoms with Crippen LogP contribution in [-0.4, -0.2) is 42.4 Å². The number of nitrogens with zero attached hydrogens (tertiary/aromatic N) is 2. The quantitative estimate of drug-likeness (QED) is 0.189. The molecule has 0 unspecified atom stereocenters. The number of halogens is 2. The van der Waals surface area contributed by atoms with Crippen LogP contribution in [0.25, 0.3) is 11.0 Å². The number of rotatable bonds is 12. The molecule has 1 N–H and O–H groups in total. The number of carbonyl (C=O) groups is 1. The number of aromatic nitrogens is 2. The molecule has 0 fully saturated rings. The van der Waals surface area contributed by atoms with Crippen molar-refractivity contribution < 1.29 is 27.8 Å². The van der Waals surface area contributed by atoms with E-state index in [1.54, 1.807) is 13.0 Å². The van der Waals surface area contributed by atoms with Crippen LogP contribution in [-0.2, 0) is 17.6 Å². The lowest BCUT2D eigenvalue weighted by molar-refractivity contribution is 0.0523. The third-order valence-electron chi connectivity index (χ3n) is 8.26. The van der Waals surface area contributed by atoms with Gasteiger partial charge in [0.1, 0.15) is 22.8 Å². The monoisotopic (exact) mass is 588 g/mol. The topological polar surface area (TPSA) is 90.7 Å². The Morgan fingerprint density at radius 1 is 1.15 bits per heavy atom. The van der Waals surface area contributed by atoms with E-state index in [0.717, 1.165) is 12.5 Å². The summed E-state index contributed by atoms with van der Waals surface area (Å²) in [5.41, 5.74) is 0.649. The van der Waals surface area contributed by atoms with Gasteiger partial charge in [0, 0.05) is 23.9 Å². The van der Waals surface area contributed by atoms with E-state index in [1.165, 1.54) is 25.4 Å². The number of benzene rings is 1. The number of fused-ring (bicyclic) bond motifs is 1. The molecule has 0 bridgehead atoms. The standard InChI is InChI=1S/C31H42F2N2O5Si/c1-9-40-30(37)24-18-35(26(19(2)3)14-15-31(4,5)41(7,8)38)28-23(27(24)36)16-21(29(34-28)39-6)11-10-20-12-13-22(32)17-25(20)33/h12-13,16-19,26,38H,9-11,14-15H2,1-8H3/t26-/m1/s1. The molecular formula is C31H42F2N2O5Si. The van der Waals surface area contributed by atoms with Crippen molar-refractivity contribution in [3.05, 3.63) is 69.0 Å². The fourth-order valence-corrected chi connectivity index (χ4v) is 5.62. The van der Waals surface area contributed by atoms with Crippen molar-refractivity contribution in [3.63, 3.8) is 0 Å². The summed E-state index contributed by atoms with van der Waals surface area (Å²) in [6, 6.07) is 4.92. The second-order valence-corrected chi connectivity index (χ2v) is 16.5. The maximum Gasteiger partial charge on any atom is 0.343 e. The van der Waals surface area contributed by atoms with Gasteiger partial charge in [0.25, 0.3) is 0 Å². The molecule has 224 valence electrons. The number of esters is 1. The number of ether oxygens (including phenoxy) is 2. The van der Waals surface area contributed by atoms with Crippen molar-refractivity contribution in [2.45, 2.75) is 84.5 Å². The predicted molar refractivity (Wildman–Crippen MR) is 159 cm³/mol. The summed E-state index contributed by atoms with van der Waals surface area (Å²) < 4.78 is 40.4. The molecule has 0 radical (unpaired) electrons. The van der Waals surface area contributed by atoms with Crippen LogP contribution in [0.15, 0.2) is 35.3 Å². The molecule has 41 heavy (non-hydrogen) atoms. The van der Waals surface area contributed by atoms with Crippen molar-refractivity contribution in [1.29, 1.82) is 0 Å². The molecule has 0 aliphatic carbocycles.